The summed E-state index contributed by atoms with van der Waals surface area (Å²) >= 11 is 0. The van der Waals surface area contributed by atoms with Crippen LogP contribution in [0.3, 0.4) is 0 Å². The summed E-state index contributed by atoms with van der Waals surface area (Å²) in [4.78, 5) is 12.9. The maximum atomic E-state index is 4.49. The van der Waals surface area contributed by atoms with E-state index >= 15 is 0 Å². The van der Waals surface area contributed by atoms with Gasteiger partial charge in [-0.15, -0.1) is 0 Å². The molecule has 0 bridgehead atoms. The molecule has 0 aliphatic carbocycles. The quantitative estimate of drug-likeness (QED) is 0.731. The van der Waals surface area contributed by atoms with Crippen molar-refractivity contribution >= 4 is 0 Å². The summed E-state index contributed by atoms with van der Waals surface area (Å²) in [6, 6.07) is 9.95. The Labute approximate surface area is 95.6 Å². The van der Waals surface area contributed by atoms with Gasteiger partial charge in [-0.1, -0.05) is 51.1 Å². The molecule has 1 heterocycles. The number of rotatable bonds is 1. The van der Waals surface area contributed by atoms with Crippen LogP contribution in [0, 0.1) is 0 Å². The fourth-order valence-corrected chi connectivity index (χ4v) is 1.38. The summed E-state index contributed by atoms with van der Waals surface area (Å²) < 4.78 is 0. The smallest absolute Gasteiger partial charge is 0.163 e. The lowest BCUT2D eigenvalue weighted by atomic mass is 9.96. The third kappa shape index (κ3) is 2.24. The molecular formula is C13H15N3. The van der Waals surface area contributed by atoms with Crippen molar-refractivity contribution in [3.8, 4) is 11.4 Å². The molecule has 0 amide bonds. The highest BCUT2D eigenvalue weighted by molar-refractivity contribution is 5.53. The van der Waals surface area contributed by atoms with E-state index in [1.54, 1.807) is 6.33 Å². The van der Waals surface area contributed by atoms with E-state index in [9.17, 15) is 0 Å². The Balaban J connectivity index is 2.45. The molecule has 3 heteroatoms. The van der Waals surface area contributed by atoms with Gasteiger partial charge in [-0.05, 0) is 0 Å². The molecule has 0 N–H and O–H groups in total. The standard InChI is InChI=1S/C13H15N3/c1-13(2,3)12-15-9-14-11(16-12)10-7-5-4-6-8-10/h4-9H,1-3H3. The van der Waals surface area contributed by atoms with Gasteiger partial charge in [0, 0.05) is 11.0 Å². The molecule has 0 aliphatic heterocycles. The first-order chi connectivity index (χ1) is 7.57. The lowest BCUT2D eigenvalue weighted by molar-refractivity contribution is 0.542. The summed E-state index contributed by atoms with van der Waals surface area (Å²) in [6.45, 7) is 6.28. The molecule has 1 aromatic carbocycles. The molecule has 0 aliphatic rings. The van der Waals surface area contributed by atoms with Crippen molar-refractivity contribution in [2.24, 2.45) is 0 Å². The fraction of sp³-hybridized carbons (Fsp3) is 0.308. The third-order valence-electron chi connectivity index (χ3n) is 2.27. The van der Waals surface area contributed by atoms with Gasteiger partial charge in [-0.2, -0.15) is 0 Å². The van der Waals surface area contributed by atoms with Crippen LogP contribution in [0.2, 0.25) is 0 Å². The number of nitrogens with zero attached hydrogens (tertiary/aromatic N) is 3. The van der Waals surface area contributed by atoms with Gasteiger partial charge in [0.15, 0.2) is 5.82 Å². The van der Waals surface area contributed by atoms with E-state index in [0.29, 0.717) is 0 Å². The summed E-state index contributed by atoms with van der Waals surface area (Å²) in [5.74, 6) is 1.56. The Bertz CT molecular complexity index is 472. The highest BCUT2D eigenvalue weighted by Gasteiger charge is 2.17. The summed E-state index contributed by atoms with van der Waals surface area (Å²) in [5.41, 5.74) is 0.974. The maximum Gasteiger partial charge on any atom is 0.163 e. The maximum absolute atomic E-state index is 4.49. The minimum Gasteiger partial charge on any atom is -0.221 e. The van der Waals surface area contributed by atoms with Crippen molar-refractivity contribution in [3.63, 3.8) is 0 Å². The van der Waals surface area contributed by atoms with E-state index in [0.717, 1.165) is 17.2 Å². The molecule has 16 heavy (non-hydrogen) atoms. The number of benzene rings is 1. The van der Waals surface area contributed by atoms with Crippen LogP contribution >= 0.6 is 0 Å². The van der Waals surface area contributed by atoms with Gasteiger partial charge in [0.1, 0.15) is 12.2 Å². The molecule has 0 fully saturated rings. The van der Waals surface area contributed by atoms with Crippen LogP contribution in [0.1, 0.15) is 26.6 Å². The SMILES string of the molecule is CC(C)(C)c1ncnc(-c2ccccc2)n1. The van der Waals surface area contributed by atoms with Crippen molar-refractivity contribution < 1.29 is 0 Å². The molecule has 0 spiro atoms. The van der Waals surface area contributed by atoms with E-state index in [1.165, 1.54) is 0 Å². The predicted octanol–water partition coefficient (Wildman–Crippen LogP) is 2.84. The Kier molecular flexibility index (Phi) is 2.69. The van der Waals surface area contributed by atoms with Crippen LogP contribution in [0.5, 0.6) is 0 Å². The Morgan fingerprint density at radius 2 is 1.62 bits per heavy atom. The predicted molar refractivity (Wildman–Crippen MR) is 64.0 cm³/mol. The molecule has 2 aromatic rings. The first kappa shape index (κ1) is 10.7. The van der Waals surface area contributed by atoms with Crippen LogP contribution in [-0.2, 0) is 5.41 Å². The van der Waals surface area contributed by atoms with Gasteiger partial charge < -0.3 is 0 Å². The van der Waals surface area contributed by atoms with Gasteiger partial charge in [0.05, 0.1) is 0 Å². The Morgan fingerprint density at radius 1 is 0.938 bits per heavy atom. The van der Waals surface area contributed by atoms with E-state index in [1.807, 2.05) is 30.3 Å². The molecule has 0 atom stereocenters. The van der Waals surface area contributed by atoms with Crippen molar-refractivity contribution in [2.45, 2.75) is 26.2 Å². The van der Waals surface area contributed by atoms with Crippen molar-refractivity contribution in [1.29, 1.82) is 0 Å². The second-order valence-corrected chi connectivity index (χ2v) is 4.75. The zero-order valence-electron chi connectivity index (χ0n) is 9.81. The van der Waals surface area contributed by atoms with E-state index in [4.69, 9.17) is 0 Å². The van der Waals surface area contributed by atoms with E-state index in [-0.39, 0.29) is 5.41 Å². The van der Waals surface area contributed by atoms with Gasteiger partial charge in [-0.25, -0.2) is 15.0 Å². The van der Waals surface area contributed by atoms with Crippen LogP contribution < -0.4 is 0 Å². The summed E-state index contributed by atoms with van der Waals surface area (Å²) in [6.07, 6.45) is 1.58. The normalized spacial score (nSPS) is 11.4. The Hall–Kier alpha value is -1.77. The lowest BCUT2D eigenvalue weighted by Gasteiger charge is -2.16. The Morgan fingerprint density at radius 3 is 2.25 bits per heavy atom. The minimum atomic E-state index is -0.0491. The zero-order valence-corrected chi connectivity index (χ0v) is 9.81. The van der Waals surface area contributed by atoms with Gasteiger partial charge in [0.2, 0.25) is 0 Å². The van der Waals surface area contributed by atoms with Crippen molar-refractivity contribution in [3.05, 3.63) is 42.5 Å². The zero-order chi connectivity index (χ0) is 11.6. The number of aromatic nitrogens is 3. The van der Waals surface area contributed by atoms with Crippen LogP contribution in [0.15, 0.2) is 36.7 Å². The molecule has 0 saturated heterocycles. The molecule has 0 radical (unpaired) electrons. The van der Waals surface area contributed by atoms with Crippen LogP contribution in [0.4, 0.5) is 0 Å². The van der Waals surface area contributed by atoms with Crippen LogP contribution in [-0.4, -0.2) is 15.0 Å². The van der Waals surface area contributed by atoms with E-state index in [2.05, 4.69) is 35.7 Å². The molecule has 1 aromatic heterocycles. The lowest BCUT2D eigenvalue weighted by Crippen LogP contribution is -2.16. The molecular weight excluding hydrogens is 198 g/mol. The average molecular weight is 213 g/mol. The molecule has 3 nitrogen and oxygen atoms in total. The summed E-state index contributed by atoms with van der Waals surface area (Å²) in [7, 11) is 0. The molecule has 82 valence electrons. The highest BCUT2D eigenvalue weighted by atomic mass is 15.0. The molecule has 0 saturated carbocycles. The average Bonchev–Trinajstić information content (AvgIpc) is 2.29. The number of hydrogen-bond donors (Lipinski definition) is 0. The van der Waals surface area contributed by atoms with Crippen molar-refractivity contribution in [2.75, 3.05) is 0 Å². The summed E-state index contributed by atoms with van der Waals surface area (Å²) in [5, 5.41) is 0. The van der Waals surface area contributed by atoms with Gasteiger partial charge >= 0.3 is 0 Å². The fourth-order valence-electron chi connectivity index (χ4n) is 1.38. The first-order valence-electron chi connectivity index (χ1n) is 5.32. The van der Waals surface area contributed by atoms with Crippen LogP contribution in [0.25, 0.3) is 11.4 Å². The highest BCUT2D eigenvalue weighted by Crippen LogP contribution is 2.20. The molecule has 0 unspecified atom stereocenters. The molecule has 2 rings (SSSR count). The third-order valence-corrected chi connectivity index (χ3v) is 2.27. The monoisotopic (exact) mass is 213 g/mol. The van der Waals surface area contributed by atoms with Crippen molar-refractivity contribution in [1.82, 2.24) is 15.0 Å². The second kappa shape index (κ2) is 4.00. The second-order valence-electron chi connectivity index (χ2n) is 4.75. The largest absolute Gasteiger partial charge is 0.221 e. The topological polar surface area (TPSA) is 38.7 Å². The number of hydrogen-bond acceptors (Lipinski definition) is 3. The van der Waals surface area contributed by atoms with Gasteiger partial charge in [0.25, 0.3) is 0 Å². The first-order valence-corrected chi connectivity index (χ1v) is 5.32. The van der Waals surface area contributed by atoms with E-state index < -0.39 is 0 Å². The minimum absolute atomic E-state index is 0.0491. The van der Waals surface area contributed by atoms with Gasteiger partial charge in [-0.3, -0.25) is 0 Å².